The summed E-state index contributed by atoms with van der Waals surface area (Å²) in [5, 5.41) is 0. The summed E-state index contributed by atoms with van der Waals surface area (Å²) in [4.78, 5) is 29.5. The maximum absolute atomic E-state index is 13.3. The molecule has 7 heteroatoms. The molecule has 0 N–H and O–H groups in total. The normalized spacial score (nSPS) is 21.9. The van der Waals surface area contributed by atoms with Crippen molar-refractivity contribution in [1.82, 2.24) is 9.80 Å². The third kappa shape index (κ3) is 8.82. The van der Waals surface area contributed by atoms with Crippen LogP contribution in [0.2, 0.25) is 0 Å². The highest BCUT2D eigenvalue weighted by Gasteiger charge is 2.39. The summed E-state index contributed by atoms with van der Waals surface area (Å²) < 4.78 is 17.6. The van der Waals surface area contributed by atoms with Crippen LogP contribution in [-0.4, -0.2) is 72.4 Å². The highest BCUT2D eigenvalue weighted by molar-refractivity contribution is 5.83. The third-order valence-corrected chi connectivity index (χ3v) is 5.67. The SMILES string of the molecule is C=C1CCN(C(=O)C2CN(C(=O)OC(C)(C)C)CC(COCc3ccccc3)O2)C/C1=C\C.CC. The lowest BCUT2D eigenvalue weighted by Gasteiger charge is -2.40. The Morgan fingerprint density at radius 3 is 2.46 bits per heavy atom. The fourth-order valence-corrected chi connectivity index (χ4v) is 3.94. The number of likely N-dealkylation sites (tertiary alicyclic amines) is 1. The summed E-state index contributed by atoms with van der Waals surface area (Å²) in [5.74, 6) is -0.122. The minimum Gasteiger partial charge on any atom is -0.444 e. The number of allylic oxidation sites excluding steroid dienone is 1. The Morgan fingerprint density at radius 1 is 1.14 bits per heavy atom. The number of morpholine rings is 1. The van der Waals surface area contributed by atoms with E-state index in [1.165, 1.54) is 0 Å². The Bertz CT molecular complexity index is 875. The number of carbonyl (C=O) groups is 2. The predicted octanol–water partition coefficient (Wildman–Crippen LogP) is 4.97. The fraction of sp³-hybridized carbons (Fsp3) is 0.571. The molecule has 0 saturated carbocycles. The van der Waals surface area contributed by atoms with Gasteiger partial charge in [0.15, 0.2) is 6.10 Å². The second-order valence-corrected chi connectivity index (χ2v) is 9.56. The lowest BCUT2D eigenvalue weighted by Crippen LogP contribution is -2.57. The van der Waals surface area contributed by atoms with Crippen LogP contribution in [0, 0.1) is 0 Å². The molecule has 194 valence electrons. The topological polar surface area (TPSA) is 68.3 Å². The highest BCUT2D eigenvalue weighted by Crippen LogP contribution is 2.24. The van der Waals surface area contributed by atoms with Crippen molar-refractivity contribution in [3.8, 4) is 0 Å². The number of benzene rings is 1. The first-order valence-corrected chi connectivity index (χ1v) is 12.5. The molecular weight excluding hydrogens is 444 g/mol. The monoisotopic (exact) mass is 486 g/mol. The zero-order valence-electron chi connectivity index (χ0n) is 22.2. The minimum atomic E-state index is -0.763. The molecule has 0 radical (unpaired) electrons. The van der Waals surface area contributed by atoms with Gasteiger partial charge in [-0.05, 0) is 50.8 Å². The second kappa shape index (κ2) is 13.4. The average Bonchev–Trinajstić information content (AvgIpc) is 2.84. The van der Waals surface area contributed by atoms with Gasteiger partial charge in [0.2, 0.25) is 0 Å². The van der Waals surface area contributed by atoms with Crippen LogP contribution in [0.15, 0.2) is 54.1 Å². The van der Waals surface area contributed by atoms with E-state index in [1.807, 2.05) is 78.0 Å². The van der Waals surface area contributed by atoms with E-state index in [0.717, 1.165) is 23.1 Å². The summed E-state index contributed by atoms with van der Waals surface area (Å²) in [6.07, 6.45) is 1.10. The Balaban J connectivity index is 0.00000210. The van der Waals surface area contributed by atoms with E-state index in [4.69, 9.17) is 14.2 Å². The number of amides is 2. The predicted molar refractivity (Wildman–Crippen MR) is 138 cm³/mol. The van der Waals surface area contributed by atoms with Gasteiger partial charge in [0.1, 0.15) is 5.60 Å². The maximum atomic E-state index is 13.3. The second-order valence-electron chi connectivity index (χ2n) is 9.56. The Labute approximate surface area is 210 Å². The zero-order chi connectivity index (χ0) is 26.0. The number of carbonyl (C=O) groups excluding carboxylic acids is 2. The third-order valence-electron chi connectivity index (χ3n) is 5.67. The van der Waals surface area contributed by atoms with Gasteiger partial charge in [-0.3, -0.25) is 4.79 Å². The van der Waals surface area contributed by atoms with Crippen LogP contribution in [-0.2, 0) is 25.6 Å². The van der Waals surface area contributed by atoms with E-state index in [-0.39, 0.29) is 19.1 Å². The van der Waals surface area contributed by atoms with Gasteiger partial charge in [-0.1, -0.05) is 56.8 Å². The van der Waals surface area contributed by atoms with Gasteiger partial charge in [0.25, 0.3) is 5.91 Å². The molecule has 0 bridgehead atoms. The standard InChI is InChI=1S/C26H36N2O5.C2H6/c1-6-21-14-27(13-12-19(21)2)24(29)23-16-28(25(30)33-26(3,4)5)15-22(32-23)18-31-17-20-10-8-7-9-11-20;1-2/h6-11,22-23H,2,12-18H2,1,3-5H3;1-2H3/b21-6+;. The molecular formula is C28H42N2O5. The van der Waals surface area contributed by atoms with E-state index in [1.54, 1.807) is 9.80 Å². The highest BCUT2D eigenvalue weighted by atomic mass is 16.6. The van der Waals surface area contributed by atoms with E-state index in [2.05, 4.69) is 6.58 Å². The Hall–Kier alpha value is -2.64. The van der Waals surface area contributed by atoms with Crippen LogP contribution in [0.1, 0.15) is 53.5 Å². The number of ether oxygens (including phenoxy) is 3. The first kappa shape index (κ1) is 28.6. The molecule has 3 rings (SSSR count). The Morgan fingerprint density at radius 2 is 1.83 bits per heavy atom. The van der Waals surface area contributed by atoms with Crippen molar-refractivity contribution >= 4 is 12.0 Å². The molecule has 2 amide bonds. The van der Waals surface area contributed by atoms with Crippen LogP contribution >= 0.6 is 0 Å². The van der Waals surface area contributed by atoms with Gasteiger partial charge in [-0.25, -0.2) is 4.79 Å². The molecule has 35 heavy (non-hydrogen) atoms. The number of rotatable bonds is 5. The summed E-state index contributed by atoms with van der Waals surface area (Å²) in [5.41, 5.74) is 2.56. The summed E-state index contributed by atoms with van der Waals surface area (Å²) in [7, 11) is 0. The quantitative estimate of drug-likeness (QED) is 0.588. The van der Waals surface area contributed by atoms with Crippen LogP contribution in [0.5, 0.6) is 0 Å². The molecule has 0 aliphatic carbocycles. The van der Waals surface area contributed by atoms with Crippen molar-refractivity contribution in [2.45, 2.75) is 72.4 Å². The first-order valence-electron chi connectivity index (χ1n) is 12.5. The van der Waals surface area contributed by atoms with Crippen LogP contribution in [0.3, 0.4) is 0 Å². The average molecular weight is 487 g/mol. The fourth-order valence-electron chi connectivity index (χ4n) is 3.94. The molecule has 1 aromatic carbocycles. The number of hydrogen-bond acceptors (Lipinski definition) is 5. The van der Waals surface area contributed by atoms with E-state index >= 15 is 0 Å². The lowest BCUT2D eigenvalue weighted by atomic mass is 9.98. The van der Waals surface area contributed by atoms with Gasteiger partial charge >= 0.3 is 6.09 Å². The van der Waals surface area contributed by atoms with Crippen molar-refractivity contribution in [1.29, 1.82) is 0 Å². The molecule has 2 aliphatic rings. The zero-order valence-corrected chi connectivity index (χ0v) is 22.2. The molecule has 0 spiro atoms. The molecule has 2 heterocycles. The van der Waals surface area contributed by atoms with E-state index < -0.39 is 23.9 Å². The molecule has 1 aromatic rings. The van der Waals surface area contributed by atoms with Crippen molar-refractivity contribution in [2.75, 3.05) is 32.8 Å². The van der Waals surface area contributed by atoms with Gasteiger partial charge in [-0.15, -0.1) is 0 Å². The van der Waals surface area contributed by atoms with Gasteiger partial charge < -0.3 is 24.0 Å². The minimum absolute atomic E-state index is 0.122. The maximum Gasteiger partial charge on any atom is 0.410 e. The molecule has 2 unspecified atom stereocenters. The first-order chi connectivity index (χ1) is 16.7. The molecule has 0 aromatic heterocycles. The number of hydrogen-bond donors (Lipinski definition) is 0. The summed E-state index contributed by atoms with van der Waals surface area (Å²) in [6, 6.07) is 9.86. The van der Waals surface area contributed by atoms with E-state index in [9.17, 15) is 9.59 Å². The van der Waals surface area contributed by atoms with Crippen LogP contribution < -0.4 is 0 Å². The van der Waals surface area contributed by atoms with Crippen LogP contribution in [0.4, 0.5) is 4.79 Å². The van der Waals surface area contributed by atoms with Gasteiger partial charge in [0, 0.05) is 13.1 Å². The van der Waals surface area contributed by atoms with Crippen LogP contribution in [0.25, 0.3) is 0 Å². The molecule has 7 nitrogen and oxygen atoms in total. The Kier molecular flexibility index (Phi) is 11.0. The summed E-state index contributed by atoms with van der Waals surface area (Å²) >= 11 is 0. The van der Waals surface area contributed by atoms with Crippen molar-refractivity contribution in [3.05, 3.63) is 59.7 Å². The lowest BCUT2D eigenvalue weighted by molar-refractivity contribution is -0.161. The largest absolute Gasteiger partial charge is 0.444 e. The number of piperidine rings is 1. The molecule has 2 atom stereocenters. The molecule has 2 aliphatic heterocycles. The summed E-state index contributed by atoms with van der Waals surface area (Å²) in [6.45, 7) is 17.8. The van der Waals surface area contributed by atoms with E-state index in [0.29, 0.717) is 26.2 Å². The molecule has 2 fully saturated rings. The van der Waals surface area contributed by atoms with Gasteiger partial charge in [0.05, 0.1) is 32.4 Å². The van der Waals surface area contributed by atoms with Crippen molar-refractivity contribution < 1.29 is 23.8 Å². The van der Waals surface area contributed by atoms with Crippen molar-refractivity contribution in [3.63, 3.8) is 0 Å². The number of nitrogens with zero attached hydrogens (tertiary/aromatic N) is 2. The van der Waals surface area contributed by atoms with Gasteiger partial charge in [-0.2, -0.15) is 0 Å². The van der Waals surface area contributed by atoms with Crippen molar-refractivity contribution in [2.24, 2.45) is 0 Å². The smallest absolute Gasteiger partial charge is 0.410 e. The molecule has 2 saturated heterocycles.